The second-order valence-electron chi connectivity index (χ2n) is 5.82. The molecule has 0 bridgehead atoms. The summed E-state index contributed by atoms with van der Waals surface area (Å²) >= 11 is 0. The minimum atomic E-state index is -0.825. The second-order valence-corrected chi connectivity index (χ2v) is 5.82. The van der Waals surface area contributed by atoms with Gasteiger partial charge < -0.3 is 5.73 Å². The van der Waals surface area contributed by atoms with Gasteiger partial charge in [0.25, 0.3) is 0 Å². The summed E-state index contributed by atoms with van der Waals surface area (Å²) in [7, 11) is 0. The van der Waals surface area contributed by atoms with Crippen molar-refractivity contribution in [2.75, 3.05) is 6.54 Å². The van der Waals surface area contributed by atoms with Crippen LogP contribution in [0.3, 0.4) is 0 Å². The number of rotatable bonds is 5. The van der Waals surface area contributed by atoms with Crippen molar-refractivity contribution in [1.29, 1.82) is 0 Å². The molecule has 2 N–H and O–H groups in total. The average molecular weight is 249 g/mol. The van der Waals surface area contributed by atoms with Crippen LogP contribution < -0.4 is 5.73 Å². The van der Waals surface area contributed by atoms with Gasteiger partial charge in [-0.25, -0.2) is 4.39 Å². The largest absolute Gasteiger partial charge is 0.330 e. The van der Waals surface area contributed by atoms with Gasteiger partial charge in [-0.05, 0) is 48.4 Å². The quantitative estimate of drug-likeness (QED) is 0.851. The van der Waals surface area contributed by atoms with Crippen LogP contribution in [0.15, 0.2) is 18.2 Å². The van der Waals surface area contributed by atoms with Crippen molar-refractivity contribution in [1.82, 2.24) is 0 Å². The maximum Gasteiger partial charge on any atom is 0.108 e. The van der Waals surface area contributed by atoms with E-state index in [1.165, 1.54) is 24.0 Å². The lowest BCUT2D eigenvalue weighted by Gasteiger charge is -2.23. The molecule has 0 radical (unpaired) electrons. The summed E-state index contributed by atoms with van der Waals surface area (Å²) in [6, 6.07) is 6.46. The zero-order valence-electron chi connectivity index (χ0n) is 11.5. The number of fused-ring (bicyclic) bond motifs is 1. The minimum absolute atomic E-state index is 0.0294. The van der Waals surface area contributed by atoms with Gasteiger partial charge in [-0.15, -0.1) is 0 Å². The van der Waals surface area contributed by atoms with E-state index in [0.29, 0.717) is 18.9 Å². The van der Waals surface area contributed by atoms with Crippen LogP contribution in [0.5, 0.6) is 0 Å². The first-order valence-electron chi connectivity index (χ1n) is 7.06. The van der Waals surface area contributed by atoms with Crippen molar-refractivity contribution < 1.29 is 4.39 Å². The van der Waals surface area contributed by atoms with Crippen LogP contribution in [0.2, 0.25) is 0 Å². The second kappa shape index (κ2) is 5.83. The van der Waals surface area contributed by atoms with Gasteiger partial charge in [0.2, 0.25) is 0 Å². The molecule has 2 unspecified atom stereocenters. The third-order valence-corrected chi connectivity index (χ3v) is 4.19. The molecule has 0 saturated carbocycles. The Labute approximate surface area is 110 Å². The van der Waals surface area contributed by atoms with Gasteiger partial charge >= 0.3 is 0 Å². The molecule has 1 aliphatic rings. The van der Waals surface area contributed by atoms with E-state index >= 15 is 0 Å². The van der Waals surface area contributed by atoms with Gasteiger partial charge in [0, 0.05) is 12.3 Å². The summed E-state index contributed by atoms with van der Waals surface area (Å²) in [6.07, 6.45) is 3.27. The fourth-order valence-electron chi connectivity index (χ4n) is 2.97. The van der Waals surface area contributed by atoms with Crippen LogP contribution in [0, 0.1) is 11.8 Å². The van der Waals surface area contributed by atoms with Crippen molar-refractivity contribution in [3.05, 3.63) is 34.9 Å². The molecular formula is C16H24FN. The Morgan fingerprint density at radius 3 is 2.61 bits per heavy atom. The molecule has 1 aromatic rings. The van der Waals surface area contributed by atoms with Gasteiger partial charge in [-0.3, -0.25) is 0 Å². The molecule has 1 aliphatic carbocycles. The number of halogens is 1. The summed E-state index contributed by atoms with van der Waals surface area (Å²) in [4.78, 5) is 0. The Balaban J connectivity index is 2.05. The molecule has 0 aliphatic heterocycles. The van der Waals surface area contributed by atoms with Crippen LogP contribution in [-0.2, 0) is 19.3 Å². The first-order valence-corrected chi connectivity index (χ1v) is 7.06. The first-order chi connectivity index (χ1) is 8.61. The smallest absolute Gasteiger partial charge is 0.108 e. The van der Waals surface area contributed by atoms with E-state index in [2.05, 4.69) is 18.2 Å². The molecule has 0 saturated heterocycles. The van der Waals surface area contributed by atoms with Crippen molar-refractivity contribution in [2.24, 2.45) is 17.6 Å². The topological polar surface area (TPSA) is 26.0 Å². The van der Waals surface area contributed by atoms with Crippen molar-refractivity contribution in [3.8, 4) is 0 Å². The molecule has 1 aromatic carbocycles. The normalized spacial score (nSPS) is 17.8. The van der Waals surface area contributed by atoms with E-state index in [-0.39, 0.29) is 5.92 Å². The molecular weight excluding hydrogens is 225 g/mol. The van der Waals surface area contributed by atoms with Crippen LogP contribution in [0.25, 0.3) is 0 Å². The van der Waals surface area contributed by atoms with Gasteiger partial charge in [0.1, 0.15) is 6.17 Å². The lowest BCUT2D eigenvalue weighted by Crippen LogP contribution is -2.30. The lowest BCUT2D eigenvalue weighted by molar-refractivity contribution is 0.185. The van der Waals surface area contributed by atoms with E-state index in [1.807, 2.05) is 13.8 Å². The molecule has 0 fully saturated rings. The maximum atomic E-state index is 14.3. The van der Waals surface area contributed by atoms with Crippen molar-refractivity contribution in [2.45, 2.75) is 45.7 Å². The summed E-state index contributed by atoms with van der Waals surface area (Å²) in [5.74, 6) is 0.276. The monoisotopic (exact) mass is 249 g/mol. The molecule has 0 spiro atoms. The molecule has 100 valence electrons. The summed E-state index contributed by atoms with van der Waals surface area (Å²) in [6.45, 7) is 4.53. The predicted octanol–water partition coefficient (Wildman–Crippen LogP) is 3.29. The van der Waals surface area contributed by atoms with Crippen molar-refractivity contribution >= 4 is 0 Å². The molecule has 18 heavy (non-hydrogen) atoms. The van der Waals surface area contributed by atoms with Gasteiger partial charge in [0.05, 0.1) is 0 Å². The van der Waals surface area contributed by atoms with Crippen LogP contribution in [-0.4, -0.2) is 12.7 Å². The minimum Gasteiger partial charge on any atom is -0.330 e. The molecule has 0 aromatic heterocycles. The number of alkyl halides is 1. The third kappa shape index (κ3) is 2.92. The predicted molar refractivity (Wildman–Crippen MR) is 74.4 cm³/mol. The molecule has 1 nitrogen and oxygen atoms in total. The maximum absolute atomic E-state index is 14.3. The van der Waals surface area contributed by atoms with Gasteiger partial charge in [-0.2, -0.15) is 0 Å². The molecule has 2 rings (SSSR count). The number of nitrogens with two attached hydrogens (primary N) is 1. The van der Waals surface area contributed by atoms with E-state index in [0.717, 1.165) is 12.0 Å². The Morgan fingerprint density at radius 1 is 1.22 bits per heavy atom. The Morgan fingerprint density at radius 2 is 1.94 bits per heavy atom. The lowest BCUT2D eigenvalue weighted by atomic mass is 9.87. The highest BCUT2D eigenvalue weighted by atomic mass is 19.1. The Hall–Kier alpha value is -0.890. The standard InChI is InChI=1S/C16H24FN/c1-11(2)15(10-18)16(17)9-12-6-7-13-4-3-5-14(13)8-12/h6-8,11,15-16H,3-5,9-10,18H2,1-2H3. The number of benzene rings is 1. The highest BCUT2D eigenvalue weighted by Crippen LogP contribution is 2.25. The van der Waals surface area contributed by atoms with Crippen LogP contribution in [0.1, 0.15) is 37.0 Å². The number of hydrogen-bond acceptors (Lipinski definition) is 1. The van der Waals surface area contributed by atoms with E-state index < -0.39 is 6.17 Å². The number of aryl methyl sites for hydroxylation is 2. The highest BCUT2D eigenvalue weighted by molar-refractivity contribution is 5.35. The summed E-state index contributed by atoms with van der Waals surface area (Å²) < 4.78 is 14.3. The summed E-state index contributed by atoms with van der Waals surface area (Å²) in [5, 5.41) is 0. The highest BCUT2D eigenvalue weighted by Gasteiger charge is 2.23. The van der Waals surface area contributed by atoms with Gasteiger partial charge in [0.15, 0.2) is 0 Å². The van der Waals surface area contributed by atoms with Crippen LogP contribution in [0.4, 0.5) is 4.39 Å². The fourth-order valence-corrected chi connectivity index (χ4v) is 2.97. The van der Waals surface area contributed by atoms with Gasteiger partial charge in [-0.1, -0.05) is 32.0 Å². The molecule has 0 heterocycles. The summed E-state index contributed by atoms with van der Waals surface area (Å²) in [5.41, 5.74) is 9.68. The van der Waals surface area contributed by atoms with E-state index in [9.17, 15) is 4.39 Å². The Kier molecular flexibility index (Phi) is 4.39. The molecule has 2 atom stereocenters. The number of hydrogen-bond donors (Lipinski definition) is 1. The zero-order valence-corrected chi connectivity index (χ0v) is 11.5. The zero-order chi connectivity index (χ0) is 13.1. The fraction of sp³-hybridized carbons (Fsp3) is 0.625. The molecule has 0 amide bonds. The first kappa shape index (κ1) is 13.5. The Bertz CT molecular complexity index is 400. The van der Waals surface area contributed by atoms with E-state index in [4.69, 9.17) is 5.73 Å². The SMILES string of the molecule is CC(C)C(CN)C(F)Cc1ccc2c(c1)CCC2. The average Bonchev–Trinajstić information content (AvgIpc) is 2.76. The van der Waals surface area contributed by atoms with Crippen molar-refractivity contribution in [3.63, 3.8) is 0 Å². The molecule has 2 heteroatoms. The third-order valence-electron chi connectivity index (χ3n) is 4.19. The van der Waals surface area contributed by atoms with E-state index in [1.54, 1.807) is 0 Å². The van der Waals surface area contributed by atoms with Crippen LogP contribution >= 0.6 is 0 Å².